The average molecular weight is 332 g/mol. The van der Waals surface area contributed by atoms with Crippen LogP contribution in [0.25, 0.3) is 0 Å². The molecule has 21 heavy (non-hydrogen) atoms. The summed E-state index contributed by atoms with van der Waals surface area (Å²) in [4.78, 5) is 2.49. The minimum absolute atomic E-state index is 0.134. The summed E-state index contributed by atoms with van der Waals surface area (Å²) in [5, 5.41) is 0.488. The third kappa shape index (κ3) is 4.40. The van der Waals surface area contributed by atoms with Gasteiger partial charge in [0.15, 0.2) is 0 Å². The Labute approximate surface area is 131 Å². The average Bonchev–Trinajstić information content (AvgIpc) is 2.91. The van der Waals surface area contributed by atoms with Crippen LogP contribution in [0.5, 0.6) is 0 Å². The van der Waals surface area contributed by atoms with E-state index in [1.807, 2.05) is 6.92 Å². The molecule has 0 saturated carbocycles. The molecule has 1 saturated heterocycles. The molecule has 0 spiro atoms. The topological polar surface area (TPSA) is 75.4 Å². The van der Waals surface area contributed by atoms with Gasteiger partial charge in [-0.3, -0.25) is 0 Å². The minimum atomic E-state index is -3.54. The van der Waals surface area contributed by atoms with Crippen LogP contribution < -0.4 is 10.5 Å². The van der Waals surface area contributed by atoms with Gasteiger partial charge < -0.3 is 10.6 Å². The molecule has 1 aromatic rings. The highest BCUT2D eigenvalue weighted by Crippen LogP contribution is 2.20. The second-order valence-corrected chi connectivity index (χ2v) is 7.61. The first-order valence-electron chi connectivity index (χ1n) is 7.15. The molecule has 1 heterocycles. The zero-order chi connectivity index (χ0) is 15.5. The number of benzene rings is 1. The Kier molecular flexibility index (Phi) is 5.62. The molecular formula is C14H22ClN3O2S. The fourth-order valence-corrected chi connectivity index (χ4v) is 4.08. The lowest BCUT2D eigenvalue weighted by atomic mass is 10.2. The summed E-state index contributed by atoms with van der Waals surface area (Å²) in [6.07, 6.45) is 2.38. The van der Waals surface area contributed by atoms with Gasteiger partial charge in [0.1, 0.15) is 0 Å². The van der Waals surface area contributed by atoms with Gasteiger partial charge in [0, 0.05) is 24.2 Å². The second kappa shape index (κ2) is 7.07. The Morgan fingerprint density at radius 2 is 2.05 bits per heavy atom. The summed E-state index contributed by atoms with van der Waals surface area (Å²) in [6.45, 7) is 4.92. The summed E-state index contributed by atoms with van der Waals surface area (Å²) in [6, 6.07) is 4.48. The first-order valence-corrected chi connectivity index (χ1v) is 9.01. The van der Waals surface area contributed by atoms with E-state index in [-0.39, 0.29) is 17.5 Å². The number of nitrogens with one attached hydrogen (secondary N) is 1. The van der Waals surface area contributed by atoms with E-state index in [0.717, 1.165) is 19.6 Å². The molecule has 1 aliphatic heterocycles. The lowest BCUT2D eigenvalue weighted by Crippen LogP contribution is -2.41. The zero-order valence-corrected chi connectivity index (χ0v) is 13.8. The molecule has 1 atom stereocenters. The van der Waals surface area contributed by atoms with Crippen LogP contribution in [0.15, 0.2) is 23.1 Å². The van der Waals surface area contributed by atoms with Crippen molar-refractivity contribution in [3.63, 3.8) is 0 Å². The lowest BCUT2D eigenvalue weighted by Gasteiger charge is -2.21. The van der Waals surface area contributed by atoms with Gasteiger partial charge in [0.2, 0.25) is 10.0 Å². The van der Waals surface area contributed by atoms with Gasteiger partial charge in [0.05, 0.1) is 4.90 Å². The molecule has 1 fully saturated rings. The Balaban J connectivity index is 2.06. The highest BCUT2D eigenvalue weighted by Gasteiger charge is 2.21. The predicted molar refractivity (Wildman–Crippen MR) is 84.8 cm³/mol. The molecule has 0 aliphatic carbocycles. The van der Waals surface area contributed by atoms with Crippen LogP contribution in [0.2, 0.25) is 5.02 Å². The summed E-state index contributed by atoms with van der Waals surface area (Å²) in [5.41, 5.74) is 6.20. The molecule has 118 valence electrons. The number of hydrogen-bond acceptors (Lipinski definition) is 4. The second-order valence-electron chi connectivity index (χ2n) is 5.49. The van der Waals surface area contributed by atoms with E-state index in [2.05, 4.69) is 9.62 Å². The Morgan fingerprint density at radius 1 is 1.38 bits per heavy atom. The molecule has 0 radical (unpaired) electrons. The van der Waals surface area contributed by atoms with Gasteiger partial charge in [0.25, 0.3) is 0 Å². The molecule has 2 rings (SSSR count). The highest BCUT2D eigenvalue weighted by molar-refractivity contribution is 7.89. The monoisotopic (exact) mass is 331 g/mol. The number of likely N-dealkylation sites (tertiary alicyclic amines) is 1. The molecule has 0 bridgehead atoms. The standard InChI is InChI=1S/C14H22ClN3O2S/c1-11(10-18-6-2-3-7-18)17-21(19,20)13-4-5-14(15)12(8-13)9-16/h4-5,8,11,17H,2-3,6-7,9-10,16H2,1H3. The van der Waals surface area contributed by atoms with Crippen LogP contribution in [0.4, 0.5) is 0 Å². The normalized spacial score (nSPS) is 18.0. The molecule has 0 aromatic heterocycles. The van der Waals surface area contributed by atoms with E-state index in [1.54, 1.807) is 6.07 Å². The summed E-state index contributed by atoms with van der Waals surface area (Å²) >= 11 is 5.96. The van der Waals surface area contributed by atoms with E-state index in [1.165, 1.54) is 25.0 Å². The molecule has 5 nitrogen and oxygen atoms in total. The Morgan fingerprint density at radius 3 is 2.67 bits per heavy atom. The number of halogens is 1. The van der Waals surface area contributed by atoms with Gasteiger partial charge >= 0.3 is 0 Å². The molecule has 1 aromatic carbocycles. The predicted octanol–water partition coefficient (Wildman–Crippen LogP) is 1.56. The molecule has 1 aliphatic rings. The molecular weight excluding hydrogens is 310 g/mol. The Hall–Kier alpha value is -0.660. The minimum Gasteiger partial charge on any atom is -0.326 e. The van der Waals surface area contributed by atoms with E-state index >= 15 is 0 Å². The van der Waals surface area contributed by atoms with Crippen molar-refractivity contribution >= 4 is 21.6 Å². The van der Waals surface area contributed by atoms with Crippen molar-refractivity contribution in [3.05, 3.63) is 28.8 Å². The number of hydrogen-bond donors (Lipinski definition) is 2. The fraction of sp³-hybridized carbons (Fsp3) is 0.571. The van der Waals surface area contributed by atoms with Crippen molar-refractivity contribution in [3.8, 4) is 0 Å². The van der Waals surface area contributed by atoms with Crippen LogP contribution in [0.3, 0.4) is 0 Å². The van der Waals surface area contributed by atoms with Crippen molar-refractivity contribution in [2.45, 2.75) is 37.2 Å². The van der Waals surface area contributed by atoms with Gasteiger partial charge in [-0.15, -0.1) is 0 Å². The van der Waals surface area contributed by atoms with Gasteiger partial charge in [-0.1, -0.05) is 11.6 Å². The van der Waals surface area contributed by atoms with Crippen molar-refractivity contribution in [1.29, 1.82) is 0 Å². The van der Waals surface area contributed by atoms with Gasteiger partial charge in [-0.2, -0.15) is 0 Å². The van der Waals surface area contributed by atoms with Crippen molar-refractivity contribution < 1.29 is 8.42 Å². The lowest BCUT2D eigenvalue weighted by molar-refractivity contribution is 0.313. The maximum Gasteiger partial charge on any atom is 0.240 e. The maximum atomic E-state index is 12.4. The molecule has 7 heteroatoms. The number of nitrogens with two attached hydrogens (primary N) is 1. The van der Waals surface area contributed by atoms with Crippen LogP contribution >= 0.6 is 11.6 Å². The summed E-state index contributed by atoms with van der Waals surface area (Å²) in [5.74, 6) is 0. The number of nitrogens with zero attached hydrogens (tertiary/aromatic N) is 1. The van der Waals surface area contributed by atoms with Crippen LogP contribution in [0.1, 0.15) is 25.3 Å². The first kappa shape index (κ1) is 16.7. The first-order chi connectivity index (χ1) is 9.92. The van der Waals surface area contributed by atoms with Gasteiger partial charge in [-0.05, 0) is 56.6 Å². The highest BCUT2D eigenvalue weighted by atomic mass is 35.5. The van der Waals surface area contributed by atoms with E-state index in [9.17, 15) is 8.42 Å². The largest absolute Gasteiger partial charge is 0.326 e. The number of sulfonamides is 1. The van der Waals surface area contributed by atoms with Crippen molar-refractivity contribution in [2.24, 2.45) is 5.73 Å². The van der Waals surface area contributed by atoms with Crippen molar-refractivity contribution in [1.82, 2.24) is 9.62 Å². The van der Waals surface area contributed by atoms with Crippen molar-refractivity contribution in [2.75, 3.05) is 19.6 Å². The number of rotatable bonds is 6. The molecule has 3 N–H and O–H groups in total. The SMILES string of the molecule is CC(CN1CCCC1)NS(=O)(=O)c1ccc(Cl)c(CN)c1. The summed E-state index contributed by atoms with van der Waals surface area (Å²) in [7, 11) is -3.54. The van der Waals surface area contributed by atoms with E-state index in [0.29, 0.717) is 10.6 Å². The zero-order valence-electron chi connectivity index (χ0n) is 12.2. The third-order valence-corrected chi connectivity index (χ3v) is 5.59. The van der Waals surface area contributed by atoms with Crippen LogP contribution in [-0.4, -0.2) is 39.0 Å². The maximum absolute atomic E-state index is 12.4. The van der Waals surface area contributed by atoms with Crippen LogP contribution in [-0.2, 0) is 16.6 Å². The summed E-state index contributed by atoms with van der Waals surface area (Å²) < 4.78 is 27.5. The molecule has 0 amide bonds. The van der Waals surface area contributed by atoms with E-state index < -0.39 is 10.0 Å². The fourth-order valence-electron chi connectivity index (χ4n) is 2.60. The van der Waals surface area contributed by atoms with Crippen LogP contribution in [0, 0.1) is 0 Å². The smallest absolute Gasteiger partial charge is 0.240 e. The molecule has 1 unspecified atom stereocenters. The van der Waals surface area contributed by atoms with E-state index in [4.69, 9.17) is 17.3 Å². The third-order valence-electron chi connectivity index (χ3n) is 3.63. The Bertz CT molecular complexity index is 586. The quantitative estimate of drug-likeness (QED) is 0.829. The van der Waals surface area contributed by atoms with Gasteiger partial charge in [-0.25, -0.2) is 13.1 Å².